The summed E-state index contributed by atoms with van der Waals surface area (Å²) in [5, 5.41) is 8.32. The number of thiophene rings is 1. The van der Waals surface area contributed by atoms with E-state index in [1.54, 1.807) is 0 Å². The number of hydrogen-bond acceptors (Lipinski definition) is 5. The zero-order valence-electron chi connectivity index (χ0n) is 19.2. The molecule has 4 N–H and O–H groups in total. The Labute approximate surface area is 198 Å². The molecule has 0 amide bonds. The molecule has 2 atom stereocenters. The van der Waals surface area contributed by atoms with E-state index < -0.39 is 0 Å². The van der Waals surface area contributed by atoms with Gasteiger partial charge in [-0.1, -0.05) is 0 Å². The average molecular weight is 459 g/mol. The summed E-state index contributed by atoms with van der Waals surface area (Å²) in [6, 6.07) is 7.62. The second-order valence-electron chi connectivity index (χ2n) is 9.35. The van der Waals surface area contributed by atoms with Gasteiger partial charge in [-0.25, -0.2) is 9.97 Å². The molecule has 0 radical (unpaired) electrons. The lowest BCUT2D eigenvalue weighted by atomic mass is 10.0. The first-order valence-corrected chi connectivity index (χ1v) is 12.8. The molecule has 6 nitrogen and oxygen atoms in total. The van der Waals surface area contributed by atoms with Crippen LogP contribution in [-0.4, -0.2) is 33.0 Å². The summed E-state index contributed by atoms with van der Waals surface area (Å²) in [5.74, 6) is 2.11. The van der Waals surface area contributed by atoms with Gasteiger partial charge in [0.1, 0.15) is 11.6 Å². The minimum absolute atomic E-state index is 0.363. The summed E-state index contributed by atoms with van der Waals surface area (Å²) in [5.41, 5.74) is 5.94. The van der Waals surface area contributed by atoms with Gasteiger partial charge in [-0.15, -0.1) is 11.3 Å². The van der Waals surface area contributed by atoms with Crippen molar-refractivity contribution in [3.63, 3.8) is 0 Å². The van der Waals surface area contributed by atoms with Gasteiger partial charge in [0.2, 0.25) is 0 Å². The van der Waals surface area contributed by atoms with Gasteiger partial charge in [-0.3, -0.25) is 0 Å². The number of nitrogens with zero attached hydrogens (tertiary/aromatic N) is 2. The smallest absolute Gasteiger partial charge is 0.123 e. The highest BCUT2D eigenvalue weighted by Gasteiger charge is 2.20. The van der Waals surface area contributed by atoms with Crippen LogP contribution in [0.25, 0.3) is 32.3 Å². The fourth-order valence-corrected chi connectivity index (χ4v) is 6.06. The van der Waals surface area contributed by atoms with Crippen molar-refractivity contribution < 1.29 is 0 Å². The van der Waals surface area contributed by atoms with Crippen LogP contribution in [-0.2, 0) is 0 Å². The molecule has 0 bridgehead atoms. The number of imidazole rings is 2. The van der Waals surface area contributed by atoms with Gasteiger partial charge in [-0.2, -0.15) is 0 Å². The second-order valence-corrected chi connectivity index (χ2v) is 10.4. The Morgan fingerprint density at radius 3 is 2.42 bits per heavy atom. The van der Waals surface area contributed by atoms with Gasteiger partial charge < -0.3 is 20.6 Å². The lowest BCUT2D eigenvalue weighted by Gasteiger charge is -2.06. The minimum atomic E-state index is 0.363. The molecule has 0 unspecified atom stereocenters. The summed E-state index contributed by atoms with van der Waals surface area (Å²) in [4.78, 5) is 17.6. The molecule has 4 aromatic rings. The molecule has 2 aliphatic heterocycles. The number of aromatic nitrogens is 4. The Bertz CT molecular complexity index is 1310. The maximum atomic E-state index is 4.65. The quantitative estimate of drug-likeness (QED) is 0.308. The third-order valence-electron chi connectivity index (χ3n) is 6.94. The monoisotopic (exact) mass is 458 g/mol. The number of hydrogen-bond donors (Lipinski definition) is 4. The molecule has 1 aromatic carbocycles. The fraction of sp³-hybridized carbons (Fsp3) is 0.385. The molecule has 0 aliphatic carbocycles. The lowest BCUT2D eigenvalue weighted by Crippen LogP contribution is -2.14. The van der Waals surface area contributed by atoms with Crippen molar-refractivity contribution >= 4 is 33.1 Å². The Morgan fingerprint density at radius 1 is 0.970 bits per heavy atom. The standard InChI is InChI=1S/C26H30N6S/c1-15-9-18-12-24(22-14-30-26(32-22)20-6-4-8-28-20)33-23(18)11-17(15)10-16(2)21-13-29-25(31-21)19-5-3-7-27-19/h9-14,19-20,27-28H,3-8H2,1-2H3,(H,29,31)(H,30,32)/b16-10+/t19-,20-/m0/s1. The highest BCUT2D eigenvalue weighted by molar-refractivity contribution is 7.22. The van der Waals surface area contributed by atoms with Crippen molar-refractivity contribution in [1.82, 2.24) is 30.6 Å². The van der Waals surface area contributed by atoms with Crippen LogP contribution in [0.4, 0.5) is 0 Å². The lowest BCUT2D eigenvalue weighted by molar-refractivity contribution is 0.612. The van der Waals surface area contributed by atoms with E-state index in [-0.39, 0.29) is 0 Å². The van der Waals surface area contributed by atoms with Crippen molar-refractivity contribution in [2.75, 3.05) is 13.1 Å². The van der Waals surface area contributed by atoms with E-state index in [2.05, 4.69) is 68.7 Å². The zero-order valence-corrected chi connectivity index (χ0v) is 20.0. The molecule has 3 aromatic heterocycles. The first kappa shape index (κ1) is 20.8. The molecule has 2 saturated heterocycles. The third-order valence-corrected chi connectivity index (χ3v) is 8.07. The number of fused-ring (bicyclic) bond motifs is 1. The van der Waals surface area contributed by atoms with E-state index in [9.17, 15) is 0 Å². The zero-order chi connectivity index (χ0) is 22.4. The van der Waals surface area contributed by atoms with Gasteiger partial charge in [0, 0.05) is 4.70 Å². The van der Waals surface area contributed by atoms with Crippen molar-refractivity contribution in [1.29, 1.82) is 0 Å². The number of aryl methyl sites for hydroxylation is 1. The minimum Gasteiger partial charge on any atom is -0.341 e. The van der Waals surface area contributed by atoms with Crippen LogP contribution in [0.3, 0.4) is 0 Å². The largest absolute Gasteiger partial charge is 0.341 e. The first-order chi connectivity index (χ1) is 16.1. The van der Waals surface area contributed by atoms with E-state index in [0.717, 1.165) is 49.0 Å². The summed E-state index contributed by atoms with van der Waals surface area (Å²) < 4.78 is 1.30. The van der Waals surface area contributed by atoms with Crippen molar-refractivity contribution in [3.8, 4) is 10.6 Å². The molecule has 6 rings (SSSR count). The maximum Gasteiger partial charge on any atom is 0.123 e. The van der Waals surface area contributed by atoms with E-state index in [1.807, 2.05) is 23.7 Å². The topological polar surface area (TPSA) is 81.4 Å². The van der Waals surface area contributed by atoms with Crippen LogP contribution >= 0.6 is 11.3 Å². The van der Waals surface area contributed by atoms with Gasteiger partial charge in [0.05, 0.1) is 40.7 Å². The van der Waals surface area contributed by atoms with Crippen LogP contribution in [0.2, 0.25) is 0 Å². The Morgan fingerprint density at radius 2 is 1.70 bits per heavy atom. The number of aromatic amines is 2. The predicted molar refractivity (Wildman–Crippen MR) is 136 cm³/mol. The average Bonchev–Trinajstić information content (AvgIpc) is 3.62. The Hall–Kier alpha value is -2.74. The molecule has 0 saturated carbocycles. The van der Waals surface area contributed by atoms with E-state index in [0.29, 0.717) is 12.1 Å². The van der Waals surface area contributed by atoms with E-state index in [1.165, 1.54) is 44.5 Å². The fourth-order valence-electron chi connectivity index (χ4n) is 5.00. The number of rotatable bonds is 5. The third kappa shape index (κ3) is 4.05. The maximum absolute atomic E-state index is 4.65. The highest BCUT2D eigenvalue weighted by Crippen LogP contribution is 2.36. The van der Waals surface area contributed by atoms with Gasteiger partial charge in [-0.05, 0) is 99.0 Å². The summed E-state index contributed by atoms with van der Waals surface area (Å²) >= 11 is 1.82. The van der Waals surface area contributed by atoms with Crippen LogP contribution in [0, 0.1) is 6.92 Å². The molecular formula is C26H30N6S. The predicted octanol–water partition coefficient (Wildman–Crippen LogP) is 5.73. The Balaban J connectivity index is 1.27. The number of H-pyrrole nitrogens is 2. The van der Waals surface area contributed by atoms with E-state index in [4.69, 9.17) is 0 Å². The van der Waals surface area contributed by atoms with Crippen LogP contribution in [0.5, 0.6) is 0 Å². The highest BCUT2D eigenvalue weighted by atomic mass is 32.1. The molecule has 170 valence electrons. The van der Waals surface area contributed by atoms with Crippen LogP contribution in [0.15, 0.2) is 30.6 Å². The molecule has 5 heterocycles. The molecule has 33 heavy (non-hydrogen) atoms. The number of nitrogens with one attached hydrogen (secondary N) is 4. The SMILES string of the molecule is C/C(=C\c1cc2sc(-c3cnc([C@@H]4CCCN4)[nH]3)cc2cc1C)c1cnc([C@@H]2CCCN2)[nH]1. The van der Waals surface area contributed by atoms with Gasteiger partial charge in [0.25, 0.3) is 0 Å². The van der Waals surface area contributed by atoms with Crippen molar-refractivity contribution in [2.24, 2.45) is 0 Å². The Kier molecular flexibility index (Phi) is 5.40. The molecule has 0 spiro atoms. The number of benzene rings is 1. The molecule has 7 heteroatoms. The normalized spacial score (nSPS) is 21.5. The second kappa shape index (κ2) is 8.56. The summed E-state index contributed by atoms with van der Waals surface area (Å²) in [6.45, 7) is 6.51. The van der Waals surface area contributed by atoms with Gasteiger partial charge >= 0.3 is 0 Å². The molecule has 2 fully saturated rings. The van der Waals surface area contributed by atoms with E-state index >= 15 is 0 Å². The van der Waals surface area contributed by atoms with Crippen molar-refractivity contribution in [3.05, 3.63) is 59.1 Å². The van der Waals surface area contributed by atoms with Crippen molar-refractivity contribution in [2.45, 2.75) is 51.6 Å². The molecular weight excluding hydrogens is 428 g/mol. The number of allylic oxidation sites excluding steroid dienone is 1. The molecule has 2 aliphatic rings. The van der Waals surface area contributed by atoms with Crippen LogP contribution < -0.4 is 10.6 Å². The summed E-state index contributed by atoms with van der Waals surface area (Å²) in [7, 11) is 0. The first-order valence-electron chi connectivity index (χ1n) is 11.9. The van der Waals surface area contributed by atoms with Gasteiger partial charge in [0.15, 0.2) is 0 Å². The summed E-state index contributed by atoms with van der Waals surface area (Å²) in [6.07, 6.45) is 11.0. The van der Waals surface area contributed by atoms with Crippen LogP contribution in [0.1, 0.15) is 73.2 Å².